The second-order valence-corrected chi connectivity index (χ2v) is 5.53. The van der Waals surface area contributed by atoms with Crippen molar-refractivity contribution in [2.75, 3.05) is 12.6 Å². The van der Waals surface area contributed by atoms with Crippen molar-refractivity contribution in [1.29, 1.82) is 0 Å². The zero-order chi connectivity index (χ0) is 16.9. The van der Waals surface area contributed by atoms with Crippen LogP contribution in [0.4, 0.5) is 10.1 Å². The van der Waals surface area contributed by atoms with E-state index in [4.69, 9.17) is 9.94 Å². The quantitative estimate of drug-likeness (QED) is 0.657. The maximum Gasteiger partial charge on any atom is 0.126 e. The zero-order valence-corrected chi connectivity index (χ0v) is 13.3. The molecule has 0 fully saturated rings. The van der Waals surface area contributed by atoms with Gasteiger partial charge in [-0.3, -0.25) is 10.7 Å². The third kappa shape index (κ3) is 3.55. The van der Waals surface area contributed by atoms with Crippen LogP contribution in [-0.2, 0) is 6.42 Å². The fourth-order valence-electron chi connectivity index (χ4n) is 2.68. The highest BCUT2D eigenvalue weighted by Crippen LogP contribution is 2.32. The van der Waals surface area contributed by atoms with Gasteiger partial charge in [0, 0.05) is 5.56 Å². The van der Waals surface area contributed by atoms with E-state index in [0.29, 0.717) is 12.1 Å². The molecule has 0 aliphatic heterocycles. The first-order valence-electron chi connectivity index (χ1n) is 7.61. The molecule has 0 aromatic heterocycles. The SMILES string of the molecule is COc1ccc(Cc2ccc(F)cc2)cc1-c1cccc(NO)c1. The van der Waals surface area contributed by atoms with Gasteiger partial charge in [-0.25, -0.2) is 4.39 Å². The number of nitrogens with one attached hydrogen (secondary N) is 1. The van der Waals surface area contributed by atoms with Gasteiger partial charge in [0.05, 0.1) is 12.8 Å². The molecule has 0 heterocycles. The number of halogens is 1. The third-order valence-corrected chi connectivity index (χ3v) is 3.89. The molecule has 0 atom stereocenters. The van der Waals surface area contributed by atoms with E-state index in [-0.39, 0.29) is 5.82 Å². The van der Waals surface area contributed by atoms with Gasteiger partial charge < -0.3 is 4.74 Å². The fraction of sp³-hybridized carbons (Fsp3) is 0.100. The number of rotatable bonds is 5. The smallest absolute Gasteiger partial charge is 0.126 e. The summed E-state index contributed by atoms with van der Waals surface area (Å²) in [6.07, 6.45) is 0.704. The van der Waals surface area contributed by atoms with Gasteiger partial charge in [0.25, 0.3) is 0 Å². The van der Waals surface area contributed by atoms with Crippen molar-refractivity contribution in [1.82, 2.24) is 0 Å². The van der Waals surface area contributed by atoms with Crippen molar-refractivity contribution in [3.63, 3.8) is 0 Å². The van der Waals surface area contributed by atoms with Crippen LogP contribution in [0.3, 0.4) is 0 Å². The summed E-state index contributed by atoms with van der Waals surface area (Å²) in [5.74, 6) is 0.524. The van der Waals surface area contributed by atoms with Crippen LogP contribution in [0.25, 0.3) is 11.1 Å². The monoisotopic (exact) mass is 323 g/mol. The summed E-state index contributed by atoms with van der Waals surface area (Å²) < 4.78 is 18.5. The van der Waals surface area contributed by atoms with E-state index in [2.05, 4.69) is 11.5 Å². The maximum atomic E-state index is 13.0. The third-order valence-electron chi connectivity index (χ3n) is 3.89. The van der Waals surface area contributed by atoms with Crippen LogP contribution >= 0.6 is 0 Å². The van der Waals surface area contributed by atoms with Crippen molar-refractivity contribution in [3.05, 3.63) is 83.7 Å². The number of benzene rings is 3. The van der Waals surface area contributed by atoms with Crippen LogP contribution < -0.4 is 10.2 Å². The molecule has 0 aliphatic rings. The van der Waals surface area contributed by atoms with Crippen molar-refractivity contribution >= 4 is 5.69 Å². The number of ether oxygens (including phenoxy) is 1. The van der Waals surface area contributed by atoms with Gasteiger partial charge in [0.15, 0.2) is 0 Å². The molecule has 0 saturated heterocycles. The van der Waals surface area contributed by atoms with Gasteiger partial charge in [-0.1, -0.05) is 30.3 Å². The topological polar surface area (TPSA) is 41.5 Å². The molecule has 3 aromatic carbocycles. The minimum atomic E-state index is -0.234. The number of hydrogen-bond donors (Lipinski definition) is 2. The molecule has 0 spiro atoms. The van der Waals surface area contributed by atoms with Gasteiger partial charge in [-0.05, 0) is 59.5 Å². The second-order valence-electron chi connectivity index (χ2n) is 5.53. The lowest BCUT2D eigenvalue weighted by Gasteiger charge is -2.12. The van der Waals surface area contributed by atoms with E-state index < -0.39 is 0 Å². The summed E-state index contributed by atoms with van der Waals surface area (Å²) in [4.78, 5) is 0. The minimum absolute atomic E-state index is 0.234. The predicted molar refractivity (Wildman–Crippen MR) is 93.0 cm³/mol. The Morgan fingerprint density at radius 3 is 2.42 bits per heavy atom. The first-order valence-corrected chi connectivity index (χ1v) is 7.61. The highest BCUT2D eigenvalue weighted by molar-refractivity contribution is 5.74. The predicted octanol–water partition coefficient (Wildman–Crippen LogP) is 4.89. The number of anilines is 1. The Balaban J connectivity index is 1.97. The van der Waals surface area contributed by atoms with E-state index in [1.165, 1.54) is 12.1 Å². The van der Waals surface area contributed by atoms with Crippen LogP contribution in [0.2, 0.25) is 0 Å². The Morgan fingerprint density at radius 2 is 1.71 bits per heavy atom. The van der Waals surface area contributed by atoms with E-state index >= 15 is 0 Å². The maximum absolute atomic E-state index is 13.0. The summed E-state index contributed by atoms with van der Waals surface area (Å²) in [5.41, 5.74) is 6.78. The Morgan fingerprint density at radius 1 is 0.958 bits per heavy atom. The minimum Gasteiger partial charge on any atom is -0.496 e. The normalized spacial score (nSPS) is 10.5. The van der Waals surface area contributed by atoms with Crippen molar-refractivity contribution in [2.45, 2.75) is 6.42 Å². The average molecular weight is 323 g/mol. The summed E-state index contributed by atoms with van der Waals surface area (Å²) in [6, 6.07) is 19.9. The lowest BCUT2D eigenvalue weighted by atomic mass is 9.98. The first-order chi connectivity index (χ1) is 11.7. The Bertz CT molecular complexity index is 831. The fourth-order valence-corrected chi connectivity index (χ4v) is 2.68. The summed E-state index contributed by atoms with van der Waals surface area (Å²) >= 11 is 0. The lowest BCUT2D eigenvalue weighted by molar-refractivity contribution is 0.389. The molecule has 0 unspecified atom stereocenters. The van der Waals surface area contributed by atoms with Crippen molar-refractivity contribution in [2.24, 2.45) is 0 Å². The first kappa shape index (κ1) is 16.0. The van der Waals surface area contributed by atoms with E-state index in [9.17, 15) is 4.39 Å². The molecule has 0 bridgehead atoms. The van der Waals surface area contributed by atoms with E-state index in [1.807, 2.05) is 30.3 Å². The van der Waals surface area contributed by atoms with Gasteiger partial charge in [-0.2, -0.15) is 0 Å². The average Bonchev–Trinajstić information content (AvgIpc) is 2.63. The van der Waals surface area contributed by atoms with Gasteiger partial charge in [-0.15, -0.1) is 0 Å². The van der Waals surface area contributed by atoms with Gasteiger partial charge in [0.2, 0.25) is 0 Å². The van der Waals surface area contributed by atoms with Crippen LogP contribution in [0, 0.1) is 5.82 Å². The molecule has 4 heteroatoms. The number of methoxy groups -OCH3 is 1. The lowest BCUT2D eigenvalue weighted by Crippen LogP contribution is -1.94. The zero-order valence-electron chi connectivity index (χ0n) is 13.3. The molecule has 0 aliphatic carbocycles. The molecular formula is C20H18FNO2. The van der Waals surface area contributed by atoms with Crippen LogP contribution in [-0.4, -0.2) is 12.3 Å². The Kier molecular flexibility index (Phi) is 4.77. The van der Waals surface area contributed by atoms with Crippen LogP contribution in [0.5, 0.6) is 5.75 Å². The second kappa shape index (κ2) is 7.15. The Hall–Kier alpha value is -2.85. The molecule has 3 nitrogen and oxygen atoms in total. The molecule has 0 saturated carbocycles. The Labute approximate surface area is 140 Å². The van der Waals surface area contributed by atoms with Gasteiger partial charge >= 0.3 is 0 Å². The van der Waals surface area contributed by atoms with Crippen molar-refractivity contribution < 1.29 is 14.3 Å². The van der Waals surface area contributed by atoms with E-state index in [0.717, 1.165) is 28.0 Å². The van der Waals surface area contributed by atoms with Crippen LogP contribution in [0.1, 0.15) is 11.1 Å². The van der Waals surface area contributed by atoms with Gasteiger partial charge in [0.1, 0.15) is 11.6 Å². The molecule has 0 radical (unpaired) electrons. The number of hydrogen-bond acceptors (Lipinski definition) is 3. The summed E-state index contributed by atoms with van der Waals surface area (Å²) in [7, 11) is 1.63. The highest BCUT2D eigenvalue weighted by atomic mass is 19.1. The summed E-state index contributed by atoms with van der Waals surface area (Å²) in [6.45, 7) is 0. The summed E-state index contributed by atoms with van der Waals surface area (Å²) in [5, 5.41) is 9.10. The molecule has 122 valence electrons. The van der Waals surface area contributed by atoms with Crippen LogP contribution in [0.15, 0.2) is 66.7 Å². The van der Waals surface area contributed by atoms with E-state index in [1.54, 1.807) is 25.3 Å². The van der Waals surface area contributed by atoms with Crippen molar-refractivity contribution in [3.8, 4) is 16.9 Å². The molecule has 0 amide bonds. The molecule has 3 aromatic rings. The molecular weight excluding hydrogens is 305 g/mol. The molecule has 24 heavy (non-hydrogen) atoms. The molecule has 2 N–H and O–H groups in total. The highest BCUT2D eigenvalue weighted by Gasteiger charge is 2.08. The molecule has 3 rings (SSSR count). The largest absolute Gasteiger partial charge is 0.496 e. The standard InChI is InChI=1S/C20H18FNO2/c1-24-20-10-7-15(11-14-5-8-17(21)9-6-14)12-19(20)16-3-2-4-18(13-16)22-23/h2-10,12-13,22-23H,11H2,1H3.